The summed E-state index contributed by atoms with van der Waals surface area (Å²) in [6.45, 7) is 0. The fourth-order valence-corrected chi connectivity index (χ4v) is 3.32. The van der Waals surface area contributed by atoms with Gasteiger partial charge in [-0.25, -0.2) is 5.43 Å². The maximum Gasteiger partial charge on any atom is 0.288 e. The number of hydrogen-bond donors (Lipinski definition) is 2. The number of halogens is 1. The van der Waals surface area contributed by atoms with Crippen LogP contribution >= 0.6 is 11.6 Å². The molecule has 0 aliphatic heterocycles. The second-order valence-electron chi connectivity index (χ2n) is 6.40. The van der Waals surface area contributed by atoms with Gasteiger partial charge in [0.25, 0.3) is 5.91 Å². The number of fused-ring (bicyclic) bond motifs is 1. The second-order valence-corrected chi connectivity index (χ2v) is 6.84. The molecule has 1 amide bonds. The Balaban J connectivity index is 1.65. The van der Waals surface area contributed by atoms with Crippen molar-refractivity contribution in [3.05, 3.63) is 89.1 Å². The van der Waals surface area contributed by atoms with Crippen molar-refractivity contribution in [2.45, 2.75) is 0 Å². The summed E-state index contributed by atoms with van der Waals surface area (Å²) in [4.78, 5) is 16.1. The summed E-state index contributed by atoms with van der Waals surface area (Å²) < 4.78 is 5.13. The molecule has 3 aromatic carbocycles. The number of carbonyl (C=O) groups is 1. The van der Waals surface area contributed by atoms with Crippen molar-refractivity contribution in [3.63, 3.8) is 0 Å². The Bertz CT molecular complexity index is 1180. The molecule has 2 N–H and O–H groups in total. The molecule has 0 saturated heterocycles. The van der Waals surface area contributed by atoms with E-state index in [1.54, 1.807) is 19.4 Å². The number of carbonyl (C=O) groups excluding carboxylic acids is 1. The molecule has 0 bridgehead atoms. The van der Waals surface area contributed by atoms with Crippen LogP contribution in [-0.4, -0.2) is 24.2 Å². The largest absolute Gasteiger partial charge is 0.497 e. The summed E-state index contributed by atoms with van der Waals surface area (Å²) in [5, 5.41) is 5.58. The highest BCUT2D eigenvalue weighted by Crippen LogP contribution is 2.34. The lowest BCUT2D eigenvalue weighted by atomic mass is 10.0. The number of aromatic nitrogens is 1. The molecule has 0 radical (unpaired) electrons. The highest BCUT2D eigenvalue weighted by Gasteiger charge is 2.19. The first-order valence-electron chi connectivity index (χ1n) is 9.00. The number of rotatable bonds is 5. The number of hydrogen-bond acceptors (Lipinski definition) is 3. The van der Waals surface area contributed by atoms with Gasteiger partial charge in [0.05, 0.1) is 13.3 Å². The SMILES string of the molecule is COc1ccc(/C=N\NC(=O)c2[nH]c3ccc(Cl)cc3c2-c2ccccc2)cc1. The molecule has 0 unspecified atom stereocenters. The molecule has 0 aliphatic carbocycles. The molecule has 0 spiro atoms. The first-order chi connectivity index (χ1) is 14.2. The molecule has 4 rings (SSSR count). The predicted molar refractivity (Wildman–Crippen MR) is 117 cm³/mol. The number of aromatic amines is 1. The van der Waals surface area contributed by atoms with Crippen LogP contribution in [0.2, 0.25) is 5.02 Å². The average molecular weight is 404 g/mol. The van der Waals surface area contributed by atoms with E-state index < -0.39 is 0 Å². The highest BCUT2D eigenvalue weighted by molar-refractivity contribution is 6.31. The third-order valence-electron chi connectivity index (χ3n) is 4.55. The van der Waals surface area contributed by atoms with Gasteiger partial charge in [0, 0.05) is 21.5 Å². The number of ether oxygens (including phenoxy) is 1. The van der Waals surface area contributed by atoms with E-state index in [0.717, 1.165) is 33.3 Å². The number of amides is 1. The van der Waals surface area contributed by atoms with Crippen molar-refractivity contribution in [1.29, 1.82) is 0 Å². The van der Waals surface area contributed by atoms with Gasteiger partial charge in [0.15, 0.2) is 0 Å². The van der Waals surface area contributed by atoms with E-state index >= 15 is 0 Å². The molecule has 29 heavy (non-hydrogen) atoms. The van der Waals surface area contributed by atoms with E-state index in [2.05, 4.69) is 15.5 Å². The summed E-state index contributed by atoms with van der Waals surface area (Å²) in [6, 6.07) is 22.6. The summed E-state index contributed by atoms with van der Waals surface area (Å²) in [6.07, 6.45) is 1.58. The van der Waals surface area contributed by atoms with Crippen LogP contribution in [0.1, 0.15) is 16.1 Å². The lowest BCUT2D eigenvalue weighted by molar-refractivity contribution is 0.0951. The van der Waals surface area contributed by atoms with Crippen molar-refractivity contribution in [3.8, 4) is 16.9 Å². The Hall–Kier alpha value is -3.57. The highest BCUT2D eigenvalue weighted by atomic mass is 35.5. The van der Waals surface area contributed by atoms with Gasteiger partial charge in [-0.3, -0.25) is 4.79 Å². The quantitative estimate of drug-likeness (QED) is 0.352. The first-order valence-corrected chi connectivity index (χ1v) is 9.37. The zero-order valence-electron chi connectivity index (χ0n) is 15.6. The van der Waals surface area contributed by atoms with Crippen LogP contribution in [0.4, 0.5) is 0 Å². The van der Waals surface area contributed by atoms with Crippen LogP contribution in [0.25, 0.3) is 22.0 Å². The first kappa shape index (κ1) is 18.8. The van der Waals surface area contributed by atoms with Gasteiger partial charge in [-0.2, -0.15) is 5.10 Å². The second kappa shape index (κ2) is 8.20. The molecule has 1 aromatic heterocycles. The molecule has 0 atom stereocenters. The minimum absolute atomic E-state index is 0.332. The van der Waals surface area contributed by atoms with E-state index in [9.17, 15) is 4.79 Å². The number of methoxy groups -OCH3 is 1. The Kier molecular flexibility index (Phi) is 5.31. The molecular weight excluding hydrogens is 386 g/mol. The Morgan fingerprint density at radius 3 is 2.55 bits per heavy atom. The van der Waals surface area contributed by atoms with Gasteiger partial charge in [-0.15, -0.1) is 0 Å². The third kappa shape index (κ3) is 4.00. The van der Waals surface area contributed by atoms with E-state index in [1.807, 2.05) is 66.7 Å². The maximum absolute atomic E-state index is 12.9. The van der Waals surface area contributed by atoms with Gasteiger partial charge in [0.1, 0.15) is 11.4 Å². The fraction of sp³-hybridized carbons (Fsp3) is 0.0435. The molecule has 0 saturated carbocycles. The van der Waals surface area contributed by atoms with E-state index in [4.69, 9.17) is 16.3 Å². The van der Waals surface area contributed by atoms with Gasteiger partial charge in [-0.1, -0.05) is 41.9 Å². The number of H-pyrrole nitrogens is 1. The zero-order chi connectivity index (χ0) is 20.2. The maximum atomic E-state index is 12.9. The monoisotopic (exact) mass is 403 g/mol. The molecule has 144 valence electrons. The van der Waals surface area contributed by atoms with Crippen LogP contribution < -0.4 is 10.2 Å². The van der Waals surface area contributed by atoms with Gasteiger partial charge < -0.3 is 9.72 Å². The van der Waals surface area contributed by atoms with Crippen molar-refractivity contribution in [2.24, 2.45) is 5.10 Å². The summed E-state index contributed by atoms with van der Waals surface area (Å²) in [5.41, 5.74) is 6.42. The van der Waals surface area contributed by atoms with Crippen LogP contribution in [0, 0.1) is 0 Å². The molecule has 5 nitrogen and oxygen atoms in total. The lowest BCUT2D eigenvalue weighted by Crippen LogP contribution is -2.18. The van der Waals surface area contributed by atoms with E-state index in [-0.39, 0.29) is 5.91 Å². The molecule has 0 aliphatic rings. The normalized spacial score (nSPS) is 11.1. The predicted octanol–water partition coefficient (Wildman–Crippen LogP) is 5.26. The number of hydrazone groups is 1. The van der Waals surface area contributed by atoms with Crippen molar-refractivity contribution in [1.82, 2.24) is 10.4 Å². The molecule has 1 heterocycles. The number of benzene rings is 3. The molecule has 4 aromatic rings. The Morgan fingerprint density at radius 1 is 1.07 bits per heavy atom. The topological polar surface area (TPSA) is 66.5 Å². The smallest absolute Gasteiger partial charge is 0.288 e. The van der Waals surface area contributed by atoms with Gasteiger partial charge >= 0.3 is 0 Å². The van der Waals surface area contributed by atoms with E-state index in [0.29, 0.717) is 10.7 Å². The van der Waals surface area contributed by atoms with Crippen molar-refractivity contribution >= 4 is 34.6 Å². The van der Waals surface area contributed by atoms with Gasteiger partial charge in [0.2, 0.25) is 0 Å². The fourth-order valence-electron chi connectivity index (χ4n) is 3.15. The molecule has 0 fully saturated rings. The number of nitrogens with zero attached hydrogens (tertiary/aromatic N) is 1. The lowest BCUT2D eigenvalue weighted by Gasteiger charge is -2.04. The molecule has 6 heteroatoms. The van der Waals surface area contributed by atoms with Crippen molar-refractivity contribution < 1.29 is 9.53 Å². The zero-order valence-corrected chi connectivity index (χ0v) is 16.4. The van der Waals surface area contributed by atoms with Crippen LogP contribution in [0.5, 0.6) is 5.75 Å². The summed E-state index contributed by atoms with van der Waals surface area (Å²) in [7, 11) is 1.61. The van der Waals surface area contributed by atoms with Gasteiger partial charge in [-0.05, 0) is 53.6 Å². The Morgan fingerprint density at radius 2 is 1.83 bits per heavy atom. The Labute approximate surface area is 173 Å². The minimum Gasteiger partial charge on any atom is -0.497 e. The van der Waals surface area contributed by atoms with Crippen LogP contribution in [0.3, 0.4) is 0 Å². The summed E-state index contributed by atoms with van der Waals surface area (Å²) >= 11 is 6.19. The third-order valence-corrected chi connectivity index (χ3v) is 4.78. The average Bonchev–Trinajstić information content (AvgIpc) is 3.13. The summed E-state index contributed by atoms with van der Waals surface area (Å²) in [5.74, 6) is 0.427. The molecular formula is C23H18ClN3O2. The number of nitrogens with one attached hydrogen (secondary N) is 2. The van der Waals surface area contributed by atoms with Crippen LogP contribution in [-0.2, 0) is 0 Å². The standard InChI is InChI=1S/C23H18ClN3O2/c1-29-18-10-7-15(8-11-18)14-25-27-23(28)22-21(16-5-3-2-4-6-16)19-13-17(24)9-12-20(19)26-22/h2-14,26H,1H3,(H,27,28)/b25-14-. The van der Waals surface area contributed by atoms with E-state index in [1.165, 1.54) is 0 Å². The van der Waals surface area contributed by atoms with Crippen molar-refractivity contribution in [2.75, 3.05) is 7.11 Å². The van der Waals surface area contributed by atoms with Crippen LogP contribution in [0.15, 0.2) is 77.9 Å². The minimum atomic E-state index is -0.332.